The highest BCUT2D eigenvalue weighted by Crippen LogP contribution is 2.34. The Labute approximate surface area is 89.3 Å². The van der Waals surface area contributed by atoms with Gasteiger partial charge in [-0.15, -0.1) is 0 Å². The summed E-state index contributed by atoms with van der Waals surface area (Å²) in [5.41, 5.74) is 0. The maximum Gasteiger partial charge on any atom is 0.323 e. The molecule has 0 amide bonds. The summed E-state index contributed by atoms with van der Waals surface area (Å²) in [4.78, 5) is 13.5. The van der Waals surface area contributed by atoms with Crippen molar-refractivity contribution in [3.8, 4) is 0 Å². The lowest BCUT2D eigenvalue weighted by Crippen LogP contribution is -2.53. The van der Waals surface area contributed by atoms with E-state index in [1.54, 1.807) is 0 Å². The third-order valence-corrected chi connectivity index (χ3v) is 3.17. The average Bonchev–Trinajstić information content (AvgIpc) is 2.70. The Morgan fingerprint density at radius 1 is 1.47 bits per heavy atom. The second-order valence-corrected chi connectivity index (χ2v) is 4.08. The van der Waals surface area contributed by atoms with Gasteiger partial charge in [0.15, 0.2) is 5.79 Å². The van der Waals surface area contributed by atoms with Gasteiger partial charge in [-0.3, -0.25) is 9.69 Å². The minimum atomic E-state index is -0.536. The minimum Gasteiger partial charge on any atom is -0.468 e. The molecule has 0 aliphatic carbocycles. The fourth-order valence-corrected chi connectivity index (χ4v) is 2.21. The highest BCUT2D eigenvalue weighted by molar-refractivity contribution is 5.75. The van der Waals surface area contributed by atoms with Crippen molar-refractivity contribution in [2.45, 2.75) is 24.7 Å². The molecule has 0 saturated carbocycles. The molecule has 0 aromatic heterocycles. The fourth-order valence-electron chi connectivity index (χ4n) is 2.21. The molecule has 2 rings (SSSR count). The molecular formula is C10H17NO4. The Kier molecular flexibility index (Phi) is 2.95. The number of likely N-dealkylation sites (N-methyl/N-ethyl adjacent to an activating group) is 1. The van der Waals surface area contributed by atoms with Gasteiger partial charge in [-0.05, 0) is 7.05 Å². The van der Waals surface area contributed by atoms with E-state index < -0.39 is 5.79 Å². The molecule has 2 saturated heterocycles. The van der Waals surface area contributed by atoms with Crippen molar-refractivity contribution in [3.63, 3.8) is 0 Å². The van der Waals surface area contributed by atoms with Crippen LogP contribution in [0.5, 0.6) is 0 Å². The third-order valence-electron chi connectivity index (χ3n) is 3.17. The van der Waals surface area contributed by atoms with Crippen molar-refractivity contribution < 1.29 is 19.0 Å². The first-order chi connectivity index (χ1) is 7.17. The second kappa shape index (κ2) is 4.08. The van der Waals surface area contributed by atoms with Gasteiger partial charge in [-0.1, -0.05) is 0 Å². The van der Waals surface area contributed by atoms with Crippen LogP contribution in [0.2, 0.25) is 0 Å². The number of esters is 1. The molecule has 5 heteroatoms. The smallest absolute Gasteiger partial charge is 0.323 e. The maximum absolute atomic E-state index is 11.5. The Balaban J connectivity index is 2.06. The fraction of sp³-hybridized carbons (Fsp3) is 0.900. The number of hydrogen-bond acceptors (Lipinski definition) is 5. The molecule has 0 N–H and O–H groups in total. The Hall–Kier alpha value is -0.650. The van der Waals surface area contributed by atoms with Crippen molar-refractivity contribution in [1.82, 2.24) is 4.90 Å². The molecule has 0 aromatic carbocycles. The molecule has 0 radical (unpaired) electrons. The standard InChI is InChI=1S/C10H17NO4/c1-11-4-3-10(14-5-6-15-10)7-8(11)9(12)13-2/h8H,3-7H2,1-2H3. The van der Waals surface area contributed by atoms with Gasteiger partial charge in [-0.25, -0.2) is 0 Å². The normalized spacial score (nSPS) is 30.7. The van der Waals surface area contributed by atoms with E-state index in [4.69, 9.17) is 14.2 Å². The van der Waals surface area contributed by atoms with Crippen LogP contribution in [0.1, 0.15) is 12.8 Å². The van der Waals surface area contributed by atoms with Gasteiger partial charge in [0.1, 0.15) is 6.04 Å². The number of rotatable bonds is 1. The predicted octanol–water partition coefficient (Wildman–Crippen LogP) is -0.00330. The van der Waals surface area contributed by atoms with Crippen LogP contribution < -0.4 is 0 Å². The third kappa shape index (κ3) is 2.00. The summed E-state index contributed by atoms with van der Waals surface area (Å²) in [6.45, 7) is 2.04. The number of likely N-dealkylation sites (tertiary alicyclic amines) is 1. The molecule has 2 aliphatic heterocycles. The van der Waals surface area contributed by atoms with Gasteiger partial charge in [-0.2, -0.15) is 0 Å². The highest BCUT2D eigenvalue weighted by atomic mass is 16.7. The van der Waals surface area contributed by atoms with Gasteiger partial charge in [0.05, 0.1) is 20.3 Å². The van der Waals surface area contributed by atoms with Crippen molar-refractivity contribution in [3.05, 3.63) is 0 Å². The molecule has 1 atom stereocenters. The lowest BCUT2D eigenvalue weighted by atomic mass is 9.96. The van der Waals surface area contributed by atoms with E-state index in [-0.39, 0.29) is 12.0 Å². The summed E-state index contributed by atoms with van der Waals surface area (Å²) in [7, 11) is 3.33. The lowest BCUT2D eigenvalue weighted by molar-refractivity contribution is -0.201. The van der Waals surface area contributed by atoms with Crippen LogP contribution >= 0.6 is 0 Å². The van der Waals surface area contributed by atoms with Crippen LogP contribution in [0.3, 0.4) is 0 Å². The summed E-state index contributed by atoms with van der Waals surface area (Å²) >= 11 is 0. The molecule has 15 heavy (non-hydrogen) atoms. The lowest BCUT2D eigenvalue weighted by Gasteiger charge is -2.40. The van der Waals surface area contributed by atoms with Gasteiger partial charge < -0.3 is 14.2 Å². The molecule has 2 heterocycles. The Bertz CT molecular complexity index is 250. The molecule has 5 nitrogen and oxygen atoms in total. The van der Waals surface area contributed by atoms with Crippen LogP contribution in [0.25, 0.3) is 0 Å². The monoisotopic (exact) mass is 215 g/mol. The molecule has 2 aliphatic rings. The van der Waals surface area contributed by atoms with E-state index in [1.807, 2.05) is 11.9 Å². The van der Waals surface area contributed by atoms with Gasteiger partial charge in [0.25, 0.3) is 0 Å². The zero-order chi connectivity index (χ0) is 10.9. The van der Waals surface area contributed by atoms with E-state index in [0.29, 0.717) is 19.6 Å². The van der Waals surface area contributed by atoms with Crippen LogP contribution in [0.15, 0.2) is 0 Å². The number of carbonyl (C=O) groups excluding carboxylic acids is 1. The van der Waals surface area contributed by atoms with Gasteiger partial charge in [0.2, 0.25) is 0 Å². The minimum absolute atomic E-state index is 0.212. The number of piperidine rings is 1. The molecule has 2 fully saturated rings. The first kappa shape index (κ1) is 10.9. The van der Waals surface area contributed by atoms with Crippen LogP contribution in [0.4, 0.5) is 0 Å². The van der Waals surface area contributed by atoms with Crippen molar-refractivity contribution in [1.29, 1.82) is 0 Å². The summed E-state index contributed by atoms with van der Waals surface area (Å²) < 4.78 is 16.0. The maximum atomic E-state index is 11.5. The first-order valence-corrected chi connectivity index (χ1v) is 5.23. The molecule has 1 spiro atoms. The van der Waals surface area contributed by atoms with Gasteiger partial charge >= 0.3 is 5.97 Å². The number of nitrogens with zero attached hydrogens (tertiary/aromatic N) is 1. The Morgan fingerprint density at radius 2 is 2.13 bits per heavy atom. The Morgan fingerprint density at radius 3 is 2.73 bits per heavy atom. The van der Waals surface area contributed by atoms with E-state index >= 15 is 0 Å². The van der Waals surface area contributed by atoms with Gasteiger partial charge in [0, 0.05) is 19.4 Å². The van der Waals surface area contributed by atoms with Crippen molar-refractivity contribution in [2.75, 3.05) is 33.9 Å². The summed E-state index contributed by atoms with van der Waals surface area (Å²) in [5, 5.41) is 0. The highest BCUT2D eigenvalue weighted by Gasteiger charge is 2.45. The van der Waals surface area contributed by atoms with Crippen LogP contribution in [0, 0.1) is 0 Å². The van der Waals surface area contributed by atoms with Crippen LogP contribution in [-0.4, -0.2) is 56.6 Å². The number of ether oxygens (including phenoxy) is 3. The van der Waals surface area contributed by atoms with E-state index in [0.717, 1.165) is 13.0 Å². The average molecular weight is 215 g/mol. The van der Waals surface area contributed by atoms with E-state index in [9.17, 15) is 4.79 Å². The molecular weight excluding hydrogens is 198 g/mol. The predicted molar refractivity (Wildman–Crippen MR) is 52.3 cm³/mol. The molecule has 86 valence electrons. The summed E-state index contributed by atoms with van der Waals surface area (Å²) in [6, 6.07) is -0.248. The van der Waals surface area contributed by atoms with Crippen LogP contribution in [-0.2, 0) is 19.0 Å². The quantitative estimate of drug-likeness (QED) is 0.576. The number of methoxy groups -OCH3 is 1. The molecule has 0 aromatic rings. The summed E-state index contributed by atoms with van der Waals surface area (Å²) in [6.07, 6.45) is 1.38. The molecule has 0 bridgehead atoms. The van der Waals surface area contributed by atoms with E-state index in [2.05, 4.69) is 0 Å². The second-order valence-electron chi connectivity index (χ2n) is 4.08. The largest absolute Gasteiger partial charge is 0.468 e. The zero-order valence-electron chi connectivity index (χ0n) is 9.19. The SMILES string of the molecule is COC(=O)C1CC2(CCN1C)OCCO2. The van der Waals surface area contributed by atoms with Crippen molar-refractivity contribution >= 4 is 5.97 Å². The van der Waals surface area contributed by atoms with E-state index in [1.165, 1.54) is 7.11 Å². The van der Waals surface area contributed by atoms with Crippen molar-refractivity contribution in [2.24, 2.45) is 0 Å². The first-order valence-electron chi connectivity index (χ1n) is 5.23. The number of carbonyl (C=O) groups is 1. The zero-order valence-corrected chi connectivity index (χ0v) is 9.19. The number of hydrogen-bond donors (Lipinski definition) is 0. The summed E-state index contributed by atoms with van der Waals surface area (Å²) in [5.74, 6) is -0.749. The topological polar surface area (TPSA) is 48.0 Å². The molecule has 1 unspecified atom stereocenters.